The van der Waals surface area contributed by atoms with Gasteiger partial charge in [-0.25, -0.2) is 9.18 Å². The number of hydrogen-bond acceptors (Lipinski definition) is 3. The Morgan fingerprint density at radius 3 is 2.77 bits per heavy atom. The Balaban J connectivity index is 2.23. The third kappa shape index (κ3) is 2.69. The highest BCUT2D eigenvalue weighted by molar-refractivity contribution is 6.09. The molecule has 0 spiro atoms. The highest BCUT2D eigenvalue weighted by atomic mass is 19.1. The standard InChI is InChI=1S/C15H16FN3O3/c1-3-8-17-12(20)9-19-13(21)15(2,18-14(19)22)10-6-4-5-7-11(10)16/h3-7H,1,8-9H2,2H3,(H,17,20)(H,18,22)/t15-/m0/s1. The van der Waals surface area contributed by atoms with Gasteiger partial charge in [-0.3, -0.25) is 14.5 Å². The summed E-state index contributed by atoms with van der Waals surface area (Å²) >= 11 is 0. The fraction of sp³-hybridized carbons (Fsp3) is 0.267. The van der Waals surface area contributed by atoms with Gasteiger partial charge < -0.3 is 10.6 Å². The zero-order chi connectivity index (χ0) is 16.3. The summed E-state index contributed by atoms with van der Waals surface area (Å²) in [4.78, 5) is 36.9. The van der Waals surface area contributed by atoms with Crippen LogP contribution in [0, 0.1) is 5.82 Å². The van der Waals surface area contributed by atoms with Crippen molar-refractivity contribution >= 4 is 17.8 Å². The van der Waals surface area contributed by atoms with E-state index in [9.17, 15) is 18.8 Å². The summed E-state index contributed by atoms with van der Waals surface area (Å²) < 4.78 is 13.9. The zero-order valence-corrected chi connectivity index (χ0v) is 12.1. The lowest BCUT2D eigenvalue weighted by molar-refractivity contribution is -0.134. The van der Waals surface area contributed by atoms with Gasteiger partial charge in [0.05, 0.1) is 0 Å². The van der Waals surface area contributed by atoms with Gasteiger partial charge in [0.1, 0.15) is 17.9 Å². The second-order valence-electron chi connectivity index (χ2n) is 5.02. The first-order valence-electron chi connectivity index (χ1n) is 6.67. The normalized spacial score (nSPS) is 20.7. The molecule has 0 aromatic heterocycles. The predicted molar refractivity (Wildman–Crippen MR) is 77.2 cm³/mol. The number of imide groups is 1. The van der Waals surface area contributed by atoms with Gasteiger partial charge in [0.25, 0.3) is 5.91 Å². The van der Waals surface area contributed by atoms with Crippen LogP contribution in [0.4, 0.5) is 9.18 Å². The van der Waals surface area contributed by atoms with E-state index in [-0.39, 0.29) is 12.1 Å². The van der Waals surface area contributed by atoms with E-state index in [1.54, 1.807) is 6.07 Å². The van der Waals surface area contributed by atoms with E-state index in [0.29, 0.717) is 0 Å². The van der Waals surface area contributed by atoms with Crippen molar-refractivity contribution in [2.45, 2.75) is 12.5 Å². The number of urea groups is 1. The van der Waals surface area contributed by atoms with Crippen LogP contribution in [-0.4, -0.2) is 35.8 Å². The van der Waals surface area contributed by atoms with Gasteiger partial charge in [-0.2, -0.15) is 0 Å². The highest BCUT2D eigenvalue weighted by Crippen LogP contribution is 2.30. The summed E-state index contributed by atoms with van der Waals surface area (Å²) in [6.07, 6.45) is 1.48. The first kappa shape index (κ1) is 15.7. The third-order valence-electron chi connectivity index (χ3n) is 3.43. The van der Waals surface area contributed by atoms with Crippen LogP contribution in [0.3, 0.4) is 0 Å². The van der Waals surface area contributed by atoms with Crippen LogP contribution in [0.15, 0.2) is 36.9 Å². The SMILES string of the molecule is C=CCNC(=O)CN1C(=O)N[C@@](C)(c2ccccc2F)C1=O. The lowest BCUT2D eigenvalue weighted by Crippen LogP contribution is -2.43. The number of benzene rings is 1. The molecule has 1 saturated heterocycles. The molecule has 0 saturated carbocycles. The maximum atomic E-state index is 13.9. The molecule has 1 aliphatic rings. The summed E-state index contributed by atoms with van der Waals surface area (Å²) in [5.74, 6) is -1.77. The van der Waals surface area contributed by atoms with Gasteiger partial charge in [-0.15, -0.1) is 6.58 Å². The minimum atomic E-state index is -1.53. The van der Waals surface area contributed by atoms with Crippen molar-refractivity contribution in [1.29, 1.82) is 0 Å². The van der Waals surface area contributed by atoms with Crippen molar-refractivity contribution in [2.24, 2.45) is 0 Å². The molecule has 4 amide bonds. The van der Waals surface area contributed by atoms with E-state index in [2.05, 4.69) is 17.2 Å². The van der Waals surface area contributed by atoms with E-state index < -0.39 is 35.7 Å². The number of hydrogen-bond donors (Lipinski definition) is 2. The van der Waals surface area contributed by atoms with Crippen molar-refractivity contribution < 1.29 is 18.8 Å². The molecule has 0 aliphatic carbocycles. The zero-order valence-electron chi connectivity index (χ0n) is 12.1. The predicted octanol–water partition coefficient (Wildman–Crippen LogP) is 0.895. The lowest BCUT2D eigenvalue weighted by Gasteiger charge is -2.22. The maximum absolute atomic E-state index is 13.9. The fourth-order valence-electron chi connectivity index (χ4n) is 2.28. The summed E-state index contributed by atoms with van der Waals surface area (Å²) in [6.45, 7) is 4.66. The molecular formula is C15H16FN3O3. The van der Waals surface area contributed by atoms with Crippen molar-refractivity contribution in [3.8, 4) is 0 Å². The average Bonchev–Trinajstić information content (AvgIpc) is 2.70. The molecule has 7 heteroatoms. The van der Waals surface area contributed by atoms with Gasteiger partial charge in [0, 0.05) is 12.1 Å². The molecule has 6 nitrogen and oxygen atoms in total. The van der Waals surface area contributed by atoms with Crippen LogP contribution >= 0.6 is 0 Å². The quantitative estimate of drug-likeness (QED) is 0.626. The second-order valence-corrected chi connectivity index (χ2v) is 5.02. The largest absolute Gasteiger partial charge is 0.351 e. The molecular weight excluding hydrogens is 289 g/mol. The number of rotatable bonds is 5. The van der Waals surface area contributed by atoms with Gasteiger partial charge in [0.15, 0.2) is 0 Å². The van der Waals surface area contributed by atoms with Crippen LogP contribution in [-0.2, 0) is 15.1 Å². The lowest BCUT2D eigenvalue weighted by atomic mass is 9.91. The Hall–Kier alpha value is -2.70. The Morgan fingerprint density at radius 2 is 2.14 bits per heavy atom. The van der Waals surface area contributed by atoms with E-state index in [0.717, 1.165) is 4.90 Å². The number of halogens is 1. The first-order chi connectivity index (χ1) is 10.4. The van der Waals surface area contributed by atoms with Crippen molar-refractivity contribution in [2.75, 3.05) is 13.1 Å². The highest BCUT2D eigenvalue weighted by Gasteiger charge is 2.50. The topological polar surface area (TPSA) is 78.5 Å². The average molecular weight is 305 g/mol. The molecule has 0 radical (unpaired) electrons. The Labute approximate surface area is 127 Å². The second kappa shape index (κ2) is 5.97. The molecule has 1 heterocycles. The van der Waals surface area contributed by atoms with Crippen molar-refractivity contribution in [3.05, 3.63) is 48.3 Å². The maximum Gasteiger partial charge on any atom is 0.325 e. The Kier molecular flexibility index (Phi) is 4.25. The van der Waals surface area contributed by atoms with Gasteiger partial charge in [-0.05, 0) is 13.0 Å². The molecule has 2 rings (SSSR count). The Bertz CT molecular complexity index is 647. The number of nitrogens with zero attached hydrogens (tertiary/aromatic N) is 1. The summed E-state index contributed by atoms with van der Waals surface area (Å²) in [5.41, 5.74) is -1.47. The summed E-state index contributed by atoms with van der Waals surface area (Å²) in [5, 5.41) is 4.92. The molecule has 1 aromatic carbocycles. The molecule has 22 heavy (non-hydrogen) atoms. The van der Waals surface area contributed by atoms with Crippen molar-refractivity contribution in [3.63, 3.8) is 0 Å². The van der Waals surface area contributed by atoms with Crippen LogP contribution in [0.2, 0.25) is 0 Å². The monoisotopic (exact) mass is 305 g/mol. The van der Waals surface area contributed by atoms with E-state index >= 15 is 0 Å². The first-order valence-corrected chi connectivity index (χ1v) is 6.67. The van der Waals surface area contributed by atoms with E-state index in [1.165, 1.54) is 31.2 Å². The van der Waals surface area contributed by atoms with E-state index in [1.807, 2.05) is 0 Å². The smallest absolute Gasteiger partial charge is 0.325 e. The van der Waals surface area contributed by atoms with Crippen molar-refractivity contribution in [1.82, 2.24) is 15.5 Å². The number of amides is 4. The molecule has 1 aliphatic heterocycles. The number of carbonyl (C=O) groups excluding carboxylic acids is 3. The van der Waals surface area contributed by atoms with Gasteiger partial charge in [-0.1, -0.05) is 24.3 Å². The molecule has 2 N–H and O–H groups in total. The minimum Gasteiger partial charge on any atom is -0.351 e. The number of nitrogens with one attached hydrogen (secondary N) is 2. The fourth-order valence-corrected chi connectivity index (χ4v) is 2.28. The Morgan fingerprint density at radius 1 is 1.45 bits per heavy atom. The van der Waals surface area contributed by atoms with Gasteiger partial charge in [0.2, 0.25) is 5.91 Å². The summed E-state index contributed by atoms with van der Waals surface area (Å²) in [6, 6.07) is 4.96. The summed E-state index contributed by atoms with van der Waals surface area (Å²) in [7, 11) is 0. The molecule has 1 atom stereocenters. The molecule has 1 fully saturated rings. The van der Waals surface area contributed by atoms with Gasteiger partial charge >= 0.3 is 6.03 Å². The van der Waals surface area contributed by atoms with E-state index in [4.69, 9.17) is 0 Å². The van der Waals surface area contributed by atoms with Crippen LogP contribution in [0.25, 0.3) is 0 Å². The molecule has 1 aromatic rings. The minimum absolute atomic E-state index is 0.0577. The molecule has 0 bridgehead atoms. The molecule has 0 unspecified atom stereocenters. The van der Waals surface area contributed by atoms with Crippen LogP contribution < -0.4 is 10.6 Å². The molecule has 116 valence electrons. The van der Waals surface area contributed by atoms with Crippen LogP contribution in [0.5, 0.6) is 0 Å². The number of carbonyl (C=O) groups is 3. The van der Waals surface area contributed by atoms with Crippen LogP contribution in [0.1, 0.15) is 12.5 Å². The third-order valence-corrected chi connectivity index (χ3v) is 3.43.